The highest BCUT2D eigenvalue weighted by Gasteiger charge is 2.11. The van der Waals surface area contributed by atoms with Crippen LogP contribution in [0.15, 0.2) is 36.5 Å². The van der Waals surface area contributed by atoms with E-state index in [-0.39, 0.29) is 11.8 Å². The number of hydrogen-bond acceptors (Lipinski definition) is 2. The fraction of sp³-hybridized carbons (Fsp3) is 0.167. The number of para-hydroxylation sites is 1. The van der Waals surface area contributed by atoms with Crippen LogP contribution >= 0.6 is 0 Å². The molecule has 76 valence electrons. The molecular formula is C12H12N2O. The smallest absolute Gasteiger partial charge is 0.224 e. The molecule has 0 saturated heterocycles. The van der Waals surface area contributed by atoms with E-state index in [1.54, 1.807) is 13.1 Å². The zero-order valence-corrected chi connectivity index (χ0v) is 8.47. The first-order chi connectivity index (χ1) is 7.18. The van der Waals surface area contributed by atoms with Crippen LogP contribution in [0.1, 0.15) is 18.4 Å². The summed E-state index contributed by atoms with van der Waals surface area (Å²) in [7, 11) is 0. The minimum absolute atomic E-state index is 0.290. The second-order valence-electron chi connectivity index (χ2n) is 3.59. The number of primary amides is 1. The van der Waals surface area contributed by atoms with Crippen molar-refractivity contribution in [2.24, 2.45) is 5.73 Å². The summed E-state index contributed by atoms with van der Waals surface area (Å²) in [5.74, 6) is -0.616. The molecule has 15 heavy (non-hydrogen) atoms. The van der Waals surface area contributed by atoms with E-state index in [1.165, 1.54) is 0 Å². The summed E-state index contributed by atoms with van der Waals surface area (Å²) >= 11 is 0. The largest absolute Gasteiger partial charge is 0.369 e. The highest BCUT2D eigenvalue weighted by Crippen LogP contribution is 2.18. The van der Waals surface area contributed by atoms with E-state index in [1.807, 2.05) is 30.3 Å². The Labute approximate surface area is 87.9 Å². The molecule has 3 nitrogen and oxygen atoms in total. The number of fused-ring (bicyclic) bond motifs is 1. The summed E-state index contributed by atoms with van der Waals surface area (Å²) in [5, 5.41) is 1.03. The Bertz CT molecular complexity index is 508. The molecule has 0 fully saturated rings. The molecule has 2 aromatic rings. The number of pyridine rings is 1. The minimum atomic E-state index is -0.327. The summed E-state index contributed by atoms with van der Waals surface area (Å²) in [5.41, 5.74) is 7.04. The Kier molecular flexibility index (Phi) is 2.37. The highest BCUT2D eigenvalue weighted by atomic mass is 16.1. The fourth-order valence-corrected chi connectivity index (χ4v) is 1.49. The van der Waals surface area contributed by atoms with Gasteiger partial charge in [0, 0.05) is 11.6 Å². The Hall–Kier alpha value is -1.90. The van der Waals surface area contributed by atoms with Gasteiger partial charge < -0.3 is 5.73 Å². The maximum absolute atomic E-state index is 11.0. The lowest BCUT2D eigenvalue weighted by Gasteiger charge is -2.07. The van der Waals surface area contributed by atoms with Crippen molar-refractivity contribution in [1.29, 1.82) is 0 Å². The molecule has 0 bridgehead atoms. The number of carbonyl (C=O) groups is 1. The van der Waals surface area contributed by atoms with Crippen LogP contribution in [0.3, 0.4) is 0 Å². The number of carbonyl (C=O) groups excluding carboxylic acids is 1. The van der Waals surface area contributed by atoms with Crippen LogP contribution in [0.5, 0.6) is 0 Å². The molecule has 1 unspecified atom stereocenters. The Morgan fingerprint density at radius 1 is 1.40 bits per heavy atom. The lowest BCUT2D eigenvalue weighted by Crippen LogP contribution is -2.18. The Morgan fingerprint density at radius 2 is 2.13 bits per heavy atom. The first-order valence-electron chi connectivity index (χ1n) is 4.82. The molecule has 2 rings (SSSR count). The van der Waals surface area contributed by atoms with Crippen molar-refractivity contribution in [1.82, 2.24) is 4.98 Å². The SMILES string of the molecule is CC(C(N)=O)c1cnc2ccccc2c1. The van der Waals surface area contributed by atoms with Crippen LogP contribution in [0, 0.1) is 0 Å². The second kappa shape index (κ2) is 3.69. The molecular weight excluding hydrogens is 188 g/mol. The van der Waals surface area contributed by atoms with E-state index < -0.39 is 0 Å². The van der Waals surface area contributed by atoms with Crippen LogP contribution < -0.4 is 5.73 Å². The Balaban J connectivity index is 2.51. The lowest BCUT2D eigenvalue weighted by atomic mass is 10.0. The summed E-state index contributed by atoms with van der Waals surface area (Å²) in [6.45, 7) is 1.79. The topological polar surface area (TPSA) is 56.0 Å². The predicted octanol–water partition coefficient (Wildman–Crippen LogP) is 1.82. The van der Waals surface area contributed by atoms with Crippen LogP contribution in [0.4, 0.5) is 0 Å². The minimum Gasteiger partial charge on any atom is -0.369 e. The molecule has 1 heterocycles. The van der Waals surface area contributed by atoms with Gasteiger partial charge in [0.05, 0.1) is 11.4 Å². The average molecular weight is 200 g/mol. The zero-order chi connectivity index (χ0) is 10.8. The summed E-state index contributed by atoms with van der Waals surface area (Å²) in [6, 6.07) is 9.75. The van der Waals surface area contributed by atoms with E-state index >= 15 is 0 Å². The molecule has 0 spiro atoms. The number of nitrogens with two attached hydrogens (primary N) is 1. The van der Waals surface area contributed by atoms with Gasteiger partial charge in [-0.05, 0) is 24.6 Å². The van der Waals surface area contributed by atoms with Gasteiger partial charge in [-0.3, -0.25) is 9.78 Å². The number of amides is 1. The van der Waals surface area contributed by atoms with Gasteiger partial charge in [-0.2, -0.15) is 0 Å². The van der Waals surface area contributed by atoms with Crippen molar-refractivity contribution < 1.29 is 4.79 Å². The van der Waals surface area contributed by atoms with Gasteiger partial charge in [0.25, 0.3) is 0 Å². The quantitative estimate of drug-likeness (QED) is 0.803. The molecule has 1 atom stereocenters. The molecule has 0 aliphatic heterocycles. The maximum atomic E-state index is 11.0. The van der Waals surface area contributed by atoms with Crippen molar-refractivity contribution in [2.45, 2.75) is 12.8 Å². The van der Waals surface area contributed by atoms with Crippen LogP contribution in [0.25, 0.3) is 10.9 Å². The zero-order valence-electron chi connectivity index (χ0n) is 8.47. The normalized spacial score (nSPS) is 12.6. The standard InChI is InChI=1S/C12H12N2O/c1-8(12(13)15)10-6-9-4-2-3-5-11(9)14-7-10/h2-8H,1H3,(H2,13,15). The number of rotatable bonds is 2. The third kappa shape index (κ3) is 1.81. The molecule has 0 aliphatic carbocycles. The molecule has 1 amide bonds. The van der Waals surface area contributed by atoms with E-state index in [4.69, 9.17) is 5.73 Å². The van der Waals surface area contributed by atoms with Crippen molar-refractivity contribution >= 4 is 16.8 Å². The van der Waals surface area contributed by atoms with E-state index in [2.05, 4.69) is 4.98 Å². The number of hydrogen-bond donors (Lipinski definition) is 1. The number of benzene rings is 1. The van der Waals surface area contributed by atoms with Gasteiger partial charge in [0.1, 0.15) is 0 Å². The number of aromatic nitrogens is 1. The molecule has 2 N–H and O–H groups in total. The Morgan fingerprint density at radius 3 is 2.87 bits per heavy atom. The molecule has 0 saturated carbocycles. The van der Waals surface area contributed by atoms with Crippen LogP contribution in [-0.4, -0.2) is 10.9 Å². The molecule has 0 aliphatic rings. The predicted molar refractivity (Wildman–Crippen MR) is 59.4 cm³/mol. The monoisotopic (exact) mass is 200 g/mol. The molecule has 1 aromatic heterocycles. The third-order valence-corrected chi connectivity index (χ3v) is 2.54. The maximum Gasteiger partial charge on any atom is 0.224 e. The van der Waals surface area contributed by atoms with Gasteiger partial charge in [-0.1, -0.05) is 18.2 Å². The van der Waals surface area contributed by atoms with Crippen molar-refractivity contribution in [3.05, 3.63) is 42.1 Å². The first-order valence-corrected chi connectivity index (χ1v) is 4.82. The van der Waals surface area contributed by atoms with Crippen molar-refractivity contribution in [3.63, 3.8) is 0 Å². The van der Waals surface area contributed by atoms with Gasteiger partial charge in [0.15, 0.2) is 0 Å². The second-order valence-corrected chi connectivity index (χ2v) is 3.59. The van der Waals surface area contributed by atoms with E-state index in [9.17, 15) is 4.79 Å². The van der Waals surface area contributed by atoms with Crippen LogP contribution in [0.2, 0.25) is 0 Å². The summed E-state index contributed by atoms with van der Waals surface area (Å²) < 4.78 is 0. The third-order valence-electron chi connectivity index (χ3n) is 2.54. The molecule has 1 aromatic carbocycles. The van der Waals surface area contributed by atoms with E-state index in [0.717, 1.165) is 16.5 Å². The lowest BCUT2D eigenvalue weighted by molar-refractivity contribution is -0.119. The molecule has 0 radical (unpaired) electrons. The van der Waals surface area contributed by atoms with Crippen LogP contribution in [-0.2, 0) is 4.79 Å². The van der Waals surface area contributed by atoms with Gasteiger partial charge >= 0.3 is 0 Å². The van der Waals surface area contributed by atoms with Gasteiger partial charge in [-0.25, -0.2) is 0 Å². The van der Waals surface area contributed by atoms with Crippen molar-refractivity contribution in [2.75, 3.05) is 0 Å². The fourth-order valence-electron chi connectivity index (χ4n) is 1.49. The van der Waals surface area contributed by atoms with Crippen molar-refractivity contribution in [3.8, 4) is 0 Å². The molecule has 3 heteroatoms. The first kappa shape index (κ1) is 9.65. The highest BCUT2D eigenvalue weighted by molar-refractivity contribution is 5.84. The number of nitrogens with zero attached hydrogens (tertiary/aromatic N) is 1. The van der Waals surface area contributed by atoms with Gasteiger partial charge in [-0.15, -0.1) is 0 Å². The summed E-state index contributed by atoms with van der Waals surface area (Å²) in [4.78, 5) is 15.3. The summed E-state index contributed by atoms with van der Waals surface area (Å²) in [6.07, 6.45) is 1.71. The average Bonchev–Trinajstić information content (AvgIpc) is 2.27. The van der Waals surface area contributed by atoms with E-state index in [0.29, 0.717) is 0 Å². The van der Waals surface area contributed by atoms with Gasteiger partial charge in [0.2, 0.25) is 5.91 Å².